The van der Waals surface area contributed by atoms with Crippen molar-refractivity contribution in [3.8, 4) is 0 Å². The maximum atomic E-state index is 10.8. The minimum atomic E-state index is -1.02. The highest BCUT2D eigenvalue weighted by molar-refractivity contribution is 6.33. The van der Waals surface area contributed by atoms with Crippen molar-refractivity contribution >= 4 is 23.4 Å². The molecule has 0 spiro atoms. The Morgan fingerprint density at radius 2 is 2.06 bits per heavy atom. The van der Waals surface area contributed by atoms with Crippen molar-refractivity contribution < 1.29 is 9.90 Å². The Morgan fingerprint density at radius 1 is 1.47 bits per heavy atom. The first-order valence-corrected chi connectivity index (χ1v) is 5.84. The average molecular weight is 257 g/mol. The molecule has 1 unspecified atom stereocenters. The third-order valence-corrected chi connectivity index (χ3v) is 3.26. The van der Waals surface area contributed by atoms with E-state index in [4.69, 9.17) is 16.7 Å². The number of aromatic carboxylic acids is 1. The molecule has 0 aliphatic carbocycles. The van der Waals surface area contributed by atoms with Gasteiger partial charge in [-0.15, -0.1) is 0 Å². The van der Waals surface area contributed by atoms with E-state index < -0.39 is 5.97 Å². The molecule has 1 atom stereocenters. The van der Waals surface area contributed by atoms with E-state index in [-0.39, 0.29) is 11.6 Å². The molecule has 1 rings (SSSR count). The van der Waals surface area contributed by atoms with E-state index in [1.807, 2.05) is 11.9 Å². The smallest absolute Gasteiger partial charge is 0.337 e. The Bertz CT molecular complexity index is 421. The minimum Gasteiger partial charge on any atom is -0.478 e. The van der Waals surface area contributed by atoms with Gasteiger partial charge in [0.05, 0.1) is 10.6 Å². The van der Waals surface area contributed by atoms with Crippen LogP contribution in [0.25, 0.3) is 0 Å². The number of carboxylic acid groups (broad SMARTS) is 1. The lowest BCUT2D eigenvalue weighted by molar-refractivity contribution is 0.0696. The van der Waals surface area contributed by atoms with Gasteiger partial charge in [0.15, 0.2) is 0 Å². The van der Waals surface area contributed by atoms with Crippen LogP contribution in [-0.2, 0) is 0 Å². The Morgan fingerprint density at radius 3 is 2.47 bits per heavy atom. The molecule has 0 aromatic carbocycles. The van der Waals surface area contributed by atoms with Crippen LogP contribution in [0, 0.1) is 5.92 Å². The fourth-order valence-electron chi connectivity index (χ4n) is 1.45. The highest BCUT2D eigenvalue weighted by Gasteiger charge is 2.18. The van der Waals surface area contributed by atoms with Crippen LogP contribution in [0.4, 0.5) is 5.82 Å². The Kier molecular flexibility index (Phi) is 4.34. The van der Waals surface area contributed by atoms with Gasteiger partial charge in [0.2, 0.25) is 0 Å². The quantitative estimate of drug-likeness (QED) is 0.900. The molecule has 0 bridgehead atoms. The molecular formula is C12H17ClN2O2. The van der Waals surface area contributed by atoms with Crippen LogP contribution in [-0.4, -0.2) is 29.1 Å². The zero-order chi connectivity index (χ0) is 13.2. The zero-order valence-corrected chi connectivity index (χ0v) is 11.2. The molecular weight excluding hydrogens is 240 g/mol. The van der Waals surface area contributed by atoms with E-state index >= 15 is 0 Å². The first-order chi connectivity index (χ1) is 7.84. The van der Waals surface area contributed by atoms with E-state index in [0.29, 0.717) is 16.8 Å². The van der Waals surface area contributed by atoms with Gasteiger partial charge in [-0.2, -0.15) is 0 Å². The molecule has 0 saturated carbocycles. The number of rotatable bonds is 4. The molecule has 1 aromatic heterocycles. The number of hydrogen-bond donors (Lipinski definition) is 1. The second kappa shape index (κ2) is 5.36. The van der Waals surface area contributed by atoms with E-state index in [1.165, 1.54) is 12.3 Å². The van der Waals surface area contributed by atoms with Gasteiger partial charge in [0.25, 0.3) is 0 Å². The summed E-state index contributed by atoms with van der Waals surface area (Å²) in [6, 6.07) is 1.70. The molecule has 1 heterocycles. The Labute approximate surface area is 106 Å². The summed E-state index contributed by atoms with van der Waals surface area (Å²) in [5.74, 6) is 0.0420. The van der Waals surface area contributed by atoms with Crippen molar-refractivity contribution in [2.75, 3.05) is 11.9 Å². The summed E-state index contributed by atoms with van der Waals surface area (Å²) in [6.45, 7) is 6.30. The van der Waals surface area contributed by atoms with Gasteiger partial charge >= 0.3 is 5.97 Å². The van der Waals surface area contributed by atoms with Gasteiger partial charge in [-0.3, -0.25) is 0 Å². The molecule has 0 fully saturated rings. The molecule has 1 N–H and O–H groups in total. The van der Waals surface area contributed by atoms with E-state index in [0.717, 1.165) is 0 Å². The van der Waals surface area contributed by atoms with Crippen LogP contribution in [0.3, 0.4) is 0 Å². The van der Waals surface area contributed by atoms with Crippen molar-refractivity contribution in [2.24, 2.45) is 5.92 Å². The van der Waals surface area contributed by atoms with E-state index in [9.17, 15) is 4.79 Å². The first kappa shape index (κ1) is 13.8. The fraction of sp³-hybridized carbons (Fsp3) is 0.500. The summed E-state index contributed by atoms with van der Waals surface area (Å²) in [7, 11) is 1.90. The summed E-state index contributed by atoms with van der Waals surface area (Å²) >= 11 is 6.05. The summed E-state index contributed by atoms with van der Waals surface area (Å²) in [6.07, 6.45) is 1.33. The first-order valence-electron chi connectivity index (χ1n) is 5.46. The maximum Gasteiger partial charge on any atom is 0.337 e. The van der Waals surface area contributed by atoms with Crippen LogP contribution >= 0.6 is 11.6 Å². The number of carbonyl (C=O) groups is 1. The number of aromatic nitrogens is 1. The van der Waals surface area contributed by atoms with Crippen molar-refractivity contribution in [3.05, 3.63) is 22.8 Å². The molecule has 0 aliphatic heterocycles. The predicted octanol–water partition coefficient (Wildman–Crippen LogP) is 2.91. The van der Waals surface area contributed by atoms with Crippen molar-refractivity contribution in [3.63, 3.8) is 0 Å². The fourth-order valence-corrected chi connectivity index (χ4v) is 1.75. The van der Waals surface area contributed by atoms with Gasteiger partial charge in [0, 0.05) is 19.3 Å². The monoisotopic (exact) mass is 256 g/mol. The van der Waals surface area contributed by atoms with Crippen molar-refractivity contribution in [2.45, 2.75) is 26.8 Å². The molecule has 0 radical (unpaired) electrons. The summed E-state index contributed by atoms with van der Waals surface area (Å²) < 4.78 is 0. The predicted molar refractivity (Wildman–Crippen MR) is 68.9 cm³/mol. The zero-order valence-electron chi connectivity index (χ0n) is 10.4. The molecule has 17 heavy (non-hydrogen) atoms. The number of carboxylic acids is 1. The Hall–Kier alpha value is -1.29. The number of pyridine rings is 1. The number of halogens is 1. The van der Waals surface area contributed by atoms with Gasteiger partial charge in [-0.1, -0.05) is 25.4 Å². The van der Waals surface area contributed by atoms with E-state index in [1.54, 1.807) is 0 Å². The summed E-state index contributed by atoms with van der Waals surface area (Å²) in [5, 5.41) is 9.18. The number of nitrogens with zero attached hydrogens (tertiary/aromatic N) is 2. The topological polar surface area (TPSA) is 53.4 Å². The molecule has 0 aliphatic rings. The molecule has 5 heteroatoms. The lowest BCUT2D eigenvalue weighted by atomic mass is 10.1. The van der Waals surface area contributed by atoms with Gasteiger partial charge in [0.1, 0.15) is 5.82 Å². The second-order valence-corrected chi connectivity index (χ2v) is 4.84. The largest absolute Gasteiger partial charge is 0.478 e. The van der Waals surface area contributed by atoms with Crippen molar-refractivity contribution in [1.29, 1.82) is 0 Å². The molecule has 4 nitrogen and oxygen atoms in total. The molecule has 94 valence electrons. The van der Waals surface area contributed by atoms with Crippen LogP contribution < -0.4 is 4.90 Å². The molecule has 0 saturated heterocycles. The van der Waals surface area contributed by atoms with Crippen LogP contribution in [0.5, 0.6) is 0 Å². The van der Waals surface area contributed by atoms with Gasteiger partial charge in [-0.25, -0.2) is 9.78 Å². The lowest BCUT2D eigenvalue weighted by Gasteiger charge is -2.29. The summed E-state index contributed by atoms with van der Waals surface area (Å²) in [5.41, 5.74) is 0.101. The standard InChI is InChI=1S/C12H17ClN2O2/c1-7(2)8(3)15(4)11-10(13)5-9(6-14-11)12(16)17/h5-8H,1-4H3,(H,16,17). The van der Waals surface area contributed by atoms with Gasteiger partial charge < -0.3 is 10.0 Å². The van der Waals surface area contributed by atoms with Crippen LogP contribution in [0.1, 0.15) is 31.1 Å². The third kappa shape index (κ3) is 3.09. The Balaban J connectivity index is 3.03. The summed E-state index contributed by atoms with van der Waals surface area (Å²) in [4.78, 5) is 16.8. The van der Waals surface area contributed by atoms with Crippen molar-refractivity contribution in [1.82, 2.24) is 4.98 Å². The second-order valence-electron chi connectivity index (χ2n) is 4.43. The highest BCUT2D eigenvalue weighted by atomic mass is 35.5. The molecule has 0 amide bonds. The number of hydrogen-bond acceptors (Lipinski definition) is 3. The molecule has 1 aromatic rings. The normalized spacial score (nSPS) is 12.6. The third-order valence-electron chi connectivity index (χ3n) is 2.98. The maximum absolute atomic E-state index is 10.8. The highest BCUT2D eigenvalue weighted by Crippen LogP contribution is 2.26. The lowest BCUT2D eigenvalue weighted by Crippen LogP contribution is -2.34. The van der Waals surface area contributed by atoms with Gasteiger partial charge in [-0.05, 0) is 18.9 Å². The minimum absolute atomic E-state index is 0.101. The number of anilines is 1. The SMILES string of the molecule is CC(C)C(C)N(C)c1ncc(C(=O)O)cc1Cl. The average Bonchev–Trinajstić information content (AvgIpc) is 2.26. The van der Waals surface area contributed by atoms with E-state index in [2.05, 4.69) is 25.8 Å². The van der Waals surface area contributed by atoms with Crippen LogP contribution in [0.2, 0.25) is 5.02 Å². The van der Waals surface area contributed by atoms with Crippen LogP contribution in [0.15, 0.2) is 12.3 Å².